The van der Waals surface area contributed by atoms with E-state index in [1.165, 1.54) is 57.8 Å². The summed E-state index contributed by atoms with van der Waals surface area (Å²) in [6.07, 6.45) is 12.5. The highest BCUT2D eigenvalue weighted by atomic mass is 35.5. The molecule has 1 amide bonds. The fourth-order valence-electron chi connectivity index (χ4n) is 4.40. The molecule has 1 heterocycles. The van der Waals surface area contributed by atoms with Gasteiger partial charge in [-0.15, -0.1) is 12.4 Å². The Labute approximate surface area is 148 Å². The van der Waals surface area contributed by atoms with Crippen LogP contribution < -0.4 is 5.32 Å². The van der Waals surface area contributed by atoms with Crippen molar-refractivity contribution >= 4 is 18.3 Å². The molecule has 3 nitrogen and oxygen atoms in total. The van der Waals surface area contributed by atoms with Gasteiger partial charge in [0.05, 0.1) is 0 Å². The molecule has 2 saturated carbocycles. The first-order valence-electron chi connectivity index (χ1n) is 9.74. The molecule has 2 aliphatic carbocycles. The van der Waals surface area contributed by atoms with Crippen LogP contribution in [0.4, 0.5) is 0 Å². The van der Waals surface area contributed by atoms with Crippen LogP contribution in [0.15, 0.2) is 0 Å². The fourth-order valence-corrected chi connectivity index (χ4v) is 4.40. The topological polar surface area (TPSA) is 32.3 Å². The Morgan fingerprint density at radius 1 is 1.04 bits per heavy atom. The summed E-state index contributed by atoms with van der Waals surface area (Å²) >= 11 is 0. The number of hydrogen-bond acceptors (Lipinski definition) is 2. The molecule has 23 heavy (non-hydrogen) atoms. The lowest BCUT2D eigenvalue weighted by atomic mass is 9.83. The van der Waals surface area contributed by atoms with E-state index in [-0.39, 0.29) is 12.4 Å². The normalized spacial score (nSPS) is 24.7. The second-order valence-electron chi connectivity index (χ2n) is 8.05. The average Bonchev–Trinajstić information content (AvgIpc) is 3.38. The van der Waals surface area contributed by atoms with Gasteiger partial charge in [-0.1, -0.05) is 26.2 Å². The molecule has 1 N–H and O–H groups in total. The van der Waals surface area contributed by atoms with Crippen LogP contribution in [-0.2, 0) is 4.79 Å². The quantitative estimate of drug-likeness (QED) is 0.791. The van der Waals surface area contributed by atoms with Gasteiger partial charge in [-0.05, 0) is 69.4 Å². The van der Waals surface area contributed by atoms with Crippen molar-refractivity contribution in [1.82, 2.24) is 10.2 Å². The fraction of sp³-hybridized carbons (Fsp3) is 0.947. The first-order chi connectivity index (χ1) is 10.7. The Balaban J connectivity index is 0.00000192. The summed E-state index contributed by atoms with van der Waals surface area (Å²) in [5.41, 5.74) is 0. The zero-order valence-electron chi connectivity index (χ0n) is 14.8. The minimum atomic E-state index is 0. The Kier molecular flexibility index (Phi) is 7.68. The van der Waals surface area contributed by atoms with Crippen LogP contribution in [0.5, 0.6) is 0 Å². The Bertz CT molecular complexity index is 360. The molecule has 1 atom stereocenters. The molecule has 3 fully saturated rings. The predicted molar refractivity (Wildman–Crippen MR) is 97.9 cm³/mol. The highest BCUT2D eigenvalue weighted by Crippen LogP contribution is 2.34. The maximum absolute atomic E-state index is 13.0. The number of nitrogens with zero attached hydrogens (tertiary/aromatic N) is 1. The van der Waals surface area contributed by atoms with Crippen molar-refractivity contribution in [1.29, 1.82) is 0 Å². The van der Waals surface area contributed by atoms with E-state index in [0.717, 1.165) is 37.9 Å². The van der Waals surface area contributed by atoms with E-state index in [4.69, 9.17) is 0 Å². The van der Waals surface area contributed by atoms with Crippen LogP contribution in [0, 0.1) is 17.8 Å². The largest absolute Gasteiger partial charge is 0.339 e. The average molecular weight is 343 g/mol. The molecule has 134 valence electrons. The van der Waals surface area contributed by atoms with E-state index in [2.05, 4.69) is 17.1 Å². The summed E-state index contributed by atoms with van der Waals surface area (Å²) in [4.78, 5) is 15.3. The van der Waals surface area contributed by atoms with Crippen molar-refractivity contribution in [2.75, 3.05) is 19.6 Å². The van der Waals surface area contributed by atoms with Crippen molar-refractivity contribution in [3.05, 3.63) is 0 Å². The summed E-state index contributed by atoms with van der Waals surface area (Å²) < 4.78 is 0. The lowest BCUT2D eigenvalue weighted by molar-refractivity contribution is -0.136. The summed E-state index contributed by atoms with van der Waals surface area (Å²) in [5, 5.41) is 3.44. The lowest BCUT2D eigenvalue weighted by Gasteiger charge is -2.36. The molecule has 3 aliphatic rings. The first kappa shape index (κ1) is 19.1. The maximum atomic E-state index is 13.0. The third kappa shape index (κ3) is 5.63. The van der Waals surface area contributed by atoms with Gasteiger partial charge in [-0.2, -0.15) is 0 Å². The number of nitrogens with one attached hydrogen (secondary N) is 1. The van der Waals surface area contributed by atoms with Gasteiger partial charge in [0.15, 0.2) is 0 Å². The van der Waals surface area contributed by atoms with Gasteiger partial charge in [-0.3, -0.25) is 4.79 Å². The van der Waals surface area contributed by atoms with Gasteiger partial charge in [0, 0.05) is 19.0 Å². The van der Waals surface area contributed by atoms with Crippen LogP contribution in [0.2, 0.25) is 0 Å². The molecule has 0 radical (unpaired) electrons. The lowest BCUT2D eigenvalue weighted by Crippen LogP contribution is -2.44. The zero-order valence-corrected chi connectivity index (χ0v) is 15.6. The van der Waals surface area contributed by atoms with E-state index in [9.17, 15) is 4.79 Å². The number of piperidine rings is 1. The summed E-state index contributed by atoms with van der Waals surface area (Å²) in [5.74, 6) is 2.59. The Morgan fingerprint density at radius 2 is 1.70 bits per heavy atom. The minimum absolute atomic E-state index is 0. The van der Waals surface area contributed by atoms with Crippen molar-refractivity contribution in [2.45, 2.75) is 77.2 Å². The van der Waals surface area contributed by atoms with Crippen LogP contribution >= 0.6 is 12.4 Å². The van der Waals surface area contributed by atoms with E-state index >= 15 is 0 Å². The second kappa shape index (κ2) is 9.27. The van der Waals surface area contributed by atoms with Crippen LogP contribution in [0.25, 0.3) is 0 Å². The van der Waals surface area contributed by atoms with Crippen molar-refractivity contribution in [2.24, 2.45) is 17.8 Å². The molecule has 1 unspecified atom stereocenters. The molecular formula is C19H35ClN2O. The molecular weight excluding hydrogens is 308 g/mol. The number of carbonyl (C=O) groups excluding carboxylic acids is 1. The number of amides is 1. The molecule has 0 spiro atoms. The second-order valence-corrected chi connectivity index (χ2v) is 8.05. The molecule has 1 saturated heterocycles. The molecule has 4 heteroatoms. The number of carbonyl (C=O) groups is 1. The Hall–Kier alpha value is -0.280. The predicted octanol–water partition coefficient (Wildman–Crippen LogP) is 4.01. The maximum Gasteiger partial charge on any atom is 0.223 e. The minimum Gasteiger partial charge on any atom is -0.339 e. The van der Waals surface area contributed by atoms with E-state index in [1.807, 2.05) is 0 Å². The number of halogens is 1. The van der Waals surface area contributed by atoms with Crippen molar-refractivity contribution in [3.63, 3.8) is 0 Å². The van der Waals surface area contributed by atoms with Crippen molar-refractivity contribution in [3.8, 4) is 0 Å². The molecule has 0 aromatic carbocycles. The van der Waals surface area contributed by atoms with Crippen molar-refractivity contribution < 1.29 is 4.79 Å². The summed E-state index contributed by atoms with van der Waals surface area (Å²) in [7, 11) is 0. The van der Waals surface area contributed by atoms with Gasteiger partial charge in [0.1, 0.15) is 0 Å². The highest BCUT2D eigenvalue weighted by molar-refractivity contribution is 5.85. The smallest absolute Gasteiger partial charge is 0.223 e. The molecule has 0 aromatic rings. The van der Waals surface area contributed by atoms with Crippen LogP contribution in [0.3, 0.4) is 0 Å². The SMILES string of the molecule is CC(CC(=O)N(CC1CC1)C1CCCCC1)C1CCNCC1.Cl. The highest BCUT2D eigenvalue weighted by Gasteiger charge is 2.33. The van der Waals surface area contributed by atoms with Gasteiger partial charge >= 0.3 is 0 Å². The Morgan fingerprint density at radius 3 is 2.30 bits per heavy atom. The van der Waals surface area contributed by atoms with E-state index < -0.39 is 0 Å². The molecule has 3 rings (SSSR count). The van der Waals surface area contributed by atoms with E-state index in [0.29, 0.717) is 17.9 Å². The van der Waals surface area contributed by atoms with Gasteiger partial charge in [0.25, 0.3) is 0 Å². The third-order valence-electron chi connectivity index (χ3n) is 6.17. The van der Waals surface area contributed by atoms with Crippen LogP contribution in [-0.4, -0.2) is 36.5 Å². The van der Waals surface area contributed by atoms with E-state index in [1.54, 1.807) is 0 Å². The molecule has 1 aliphatic heterocycles. The number of hydrogen-bond donors (Lipinski definition) is 1. The van der Waals surface area contributed by atoms with Gasteiger partial charge < -0.3 is 10.2 Å². The first-order valence-corrected chi connectivity index (χ1v) is 9.74. The third-order valence-corrected chi connectivity index (χ3v) is 6.17. The molecule has 0 aromatic heterocycles. The van der Waals surface area contributed by atoms with Crippen LogP contribution in [0.1, 0.15) is 71.1 Å². The number of rotatable bonds is 6. The zero-order chi connectivity index (χ0) is 15.4. The van der Waals surface area contributed by atoms with Gasteiger partial charge in [-0.25, -0.2) is 0 Å². The molecule has 0 bridgehead atoms. The summed E-state index contributed by atoms with van der Waals surface area (Å²) in [6, 6.07) is 0.557. The standard InChI is InChI=1S/C19H34N2O.ClH/c1-15(17-9-11-20-12-10-17)13-19(22)21(14-16-7-8-16)18-5-3-2-4-6-18;/h15-18,20H,2-14H2,1H3;1H. The van der Waals surface area contributed by atoms with Gasteiger partial charge in [0.2, 0.25) is 5.91 Å². The monoisotopic (exact) mass is 342 g/mol. The summed E-state index contributed by atoms with van der Waals surface area (Å²) in [6.45, 7) is 5.64.